The predicted octanol–water partition coefficient (Wildman–Crippen LogP) is 6.69. The standard InChI is InChI=1S/C43H60ClN5O3S/c1-30-8-6-11-38(48-23-22-47-20-5-4-10-35(47)27-48)36-15-12-33(36)26-49-28-43(19-7-9-31-24-34(44)14-16-37(31)43)29-52-40-17-13-32(25-39(40)49)42(50)45-53(51)41(30)18-21-46(2)3/h6,11,13-14,16-17,24-25,30,33,35-36,38,41H,4-5,7-10,12,15,18-23,26-29H2,1-3H3,(H,45,50)/b11-6+. The monoisotopic (exact) mass is 761 g/mol. The Labute approximate surface area is 325 Å². The minimum Gasteiger partial charge on any atom is -0.490 e. The van der Waals surface area contributed by atoms with Crippen molar-refractivity contribution in [2.75, 3.05) is 71.4 Å². The fourth-order valence-corrected chi connectivity index (χ4v) is 12.1. The average Bonchev–Trinajstić information content (AvgIpc) is 3.28. The van der Waals surface area contributed by atoms with E-state index < -0.39 is 11.0 Å². The van der Waals surface area contributed by atoms with Crippen LogP contribution in [0.15, 0.2) is 48.6 Å². The summed E-state index contributed by atoms with van der Waals surface area (Å²) < 4.78 is 23.8. The first kappa shape index (κ1) is 37.5. The summed E-state index contributed by atoms with van der Waals surface area (Å²) in [5.41, 5.74) is 4.04. The fraction of sp³-hybridized carbons (Fsp3) is 0.651. The van der Waals surface area contributed by atoms with Crippen molar-refractivity contribution in [3.63, 3.8) is 0 Å². The van der Waals surface area contributed by atoms with Crippen molar-refractivity contribution >= 4 is 34.2 Å². The van der Waals surface area contributed by atoms with E-state index in [-0.39, 0.29) is 22.5 Å². The third-order valence-electron chi connectivity index (χ3n) is 13.8. The van der Waals surface area contributed by atoms with Crippen LogP contribution in [0.25, 0.3) is 0 Å². The lowest BCUT2D eigenvalue weighted by Crippen LogP contribution is -2.60. The molecule has 2 saturated heterocycles. The highest BCUT2D eigenvalue weighted by molar-refractivity contribution is 7.84. The van der Waals surface area contributed by atoms with Gasteiger partial charge in [0.25, 0.3) is 5.91 Å². The second kappa shape index (κ2) is 16.0. The first-order valence-electron chi connectivity index (χ1n) is 20.5. The van der Waals surface area contributed by atoms with Gasteiger partial charge >= 0.3 is 0 Å². The summed E-state index contributed by atoms with van der Waals surface area (Å²) >= 11 is 6.54. The van der Waals surface area contributed by atoms with Gasteiger partial charge in [0.2, 0.25) is 0 Å². The van der Waals surface area contributed by atoms with Crippen LogP contribution in [0.3, 0.4) is 0 Å². The lowest BCUT2D eigenvalue weighted by atomic mass is 9.67. The number of aryl methyl sites for hydroxylation is 1. The molecule has 1 amide bonds. The number of ether oxygens (including phenoxy) is 1. The van der Waals surface area contributed by atoms with Crippen molar-refractivity contribution in [1.82, 2.24) is 19.4 Å². The normalized spacial score (nSPS) is 34.5. The molecule has 0 radical (unpaired) electrons. The summed E-state index contributed by atoms with van der Waals surface area (Å²) in [6.07, 6.45) is 16.2. The predicted molar refractivity (Wildman–Crippen MR) is 216 cm³/mol. The number of benzene rings is 2. The molecule has 2 bridgehead atoms. The first-order chi connectivity index (χ1) is 25.7. The van der Waals surface area contributed by atoms with Gasteiger partial charge in [-0.1, -0.05) is 43.2 Å². The third-order valence-corrected chi connectivity index (χ3v) is 15.6. The van der Waals surface area contributed by atoms with E-state index in [4.69, 9.17) is 16.3 Å². The van der Waals surface area contributed by atoms with Gasteiger partial charge in [-0.05, 0) is 144 Å². The van der Waals surface area contributed by atoms with Crippen LogP contribution < -0.4 is 14.4 Å². The van der Waals surface area contributed by atoms with Crippen molar-refractivity contribution < 1.29 is 13.7 Å². The largest absolute Gasteiger partial charge is 0.490 e. The van der Waals surface area contributed by atoms with Crippen molar-refractivity contribution in [3.05, 3.63) is 70.3 Å². The molecule has 2 aromatic rings. The quantitative estimate of drug-likeness (QED) is 0.349. The molecule has 8 atom stereocenters. The molecule has 8 rings (SSSR count). The number of nitrogens with one attached hydrogen (secondary N) is 1. The molecule has 4 heterocycles. The van der Waals surface area contributed by atoms with Crippen LogP contribution >= 0.6 is 11.6 Å². The summed E-state index contributed by atoms with van der Waals surface area (Å²) in [5, 5.41) is 0.639. The maximum absolute atomic E-state index is 14.1. The third kappa shape index (κ3) is 7.85. The highest BCUT2D eigenvalue weighted by Crippen LogP contribution is 2.47. The van der Waals surface area contributed by atoms with Gasteiger partial charge < -0.3 is 14.5 Å². The Morgan fingerprint density at radius 2 is 1.89 bits per heavy atom. The van der Waals surface area contributed by atoms with E-state index in [1.54, 1.807) is 0 Å². The number of piperidine rings is 1. The molecule has 0 aromatic heterocycles. The SMILES string of the molecule is CC1C/C=C/C(N2CCN3CCCCC3C2)C2CCC2CN2CC3(CCCc4cc(Cl)ccc43)COc3ccc(cc32)C(=O)NS(=O)C1CCN(C)C. The molecular weight excluding hydrogens is 702 g/mol. The van der Waals surface area contributed by atoms with E-state index in [1.807, 2.05) is 24.3 Å². The van der Waals surface area contributed by atoms with Crippen molar-refractivity contribution in [3.8, 4) is 5.75 Å². The topological polar surface area (TPSA) is 68.4 Å². The highest BCUT2D eigenvalue weighted by atomic mass is 35.5. The molecule has 8 unspecified atom stereocenters. The van der Waals surface area contributed by atoms with Gasteiger partial charge in [-0.3, -0.25) is 19.3 Å². The van der Waals surface area contributed by atoms with Crippen LogP contribution in [0.5, 0.6) is 5.75 Å². The number of piperazine rings is 1. The molecule has 4 aliphatic heterocycles. The van der Waals surface area contributed by atoms with Crippen LogP contribution in [-0.4, -0.2) is 109 Å². The van der Waals surface area contributed by atoms with E-state index in [1.165, 1.54) is 56.3 Å². The summed E-state index contributed by atoms with van der Waals surface area (Å²) in [5.74, 6) is 1.81. The summed E-state index contributed by atoms with van der Waals surface area (Å²) in [4.78, 5) is 24.2. The maximum atomic E-state index is 14.1. The van der Waals surface area contributed by atoms with Gasteiger partial charge in [0.1, 0.15) is 16.7 Å². The van der Waals surface area contributed by atoms with E-state index in [0.717, 1.165) is 81.3 Å². The number of halogens is 1. The Morgan fingerprint density at radius 1 is 1.02 bits per heavy atom. The maximum Gasteiger partial charge on any atom is 0.263 e. The number of nitrogens with zero attached hydrogens (tertiary/aromatic N) is 4. The lowest BCUT2D eigenvalue weighted by molar-refractivity contribution is -0.00159. The van der Waals surface area contributed by atoms with Gasteiger partial charge in [0.05, 0.1) is 17.5 Å². The minimum absolute atomic E-state index is 0.153. The second-order valence-electron chi connectivity index (χ2n) is 17.5. The molecule has 1 saturated carbocycles. The van der Waals surface area contributed by atoms with Gasteiger partial charge in [-0.25, -0.2) is 4.21 Å². The summed E-state index contributed by atoms with van der Waals surface area (Å²) in [6, 6.07) is 13.4. The Balaban J connectivity index is 1.17. The Morgan fingerprint density at radius 3 is 2.72 bits per heavy atom. The Kier molecular flexibility index (Phi) is 11.3. The zero-order valence-electron chi connectivity index (χ0n) is 32.1. The van der Waals surface area contributed by atoms with Crippen LogP contribution in [0.1, 0.15) is 86.2 Å². The number of anilines is 1. The van der Waals surface area contributed by atoms with Gasteiger partial charge in [0, 0.05) is 60.8 Å². The van der Waals surface area contributed by atoms with E-state index in [0.29, 0.717) is 36.1 Å². The molecule has 1 spiro atoms. The zero-order chi connectivity index (χ0) is 36.7. The second-order valence-corrected chi connectivity index (χ2v) is 19.3. The molecule has 1 N–H and O–H groups in total. The number of hydrogen-bond acceptors (Lipinski definition) is 7. The zero-order valence-corrected chi connectivity index (χ0v) is 33.7. The van der Waals surface area contributed by atoms with Crippen LogP contribution in [0.2, 0.25) is 5.02 Å². The molecule has 10 heteroatoms. The summed E-state index contributed by atoms with van der Waals surface area (Å²) in [7, 11) is 2.59. The molecule has 53 heavy (non-hydrogen) atoms. The van der Waals surface area contributed by atoms with Crippen LogP contribution in [0.4, 0.5) is 5.69 Å². The molecule has 3 fully saturated rings. The number of carbonyl (C=O) groups is 1. The van der Waals surface area contributed by atoms with Crippen LogP contribution in [-0.2, 0) is 22.8 Å². The number of rotatable bonds is 4. The summed E-state index contributed by atoms with van der Waals surface area (Å²) in [6.45, 7) is 10.1. The van der Waals surface area contributed by atoms with Gasteiger partial charge in [-0.15, -0.1) is 0 Å². The fourth-order valence-electron chi connectivity index (χ4n) is 10.6. The van der Waals surface area contributed by atoms with E-state index in [2.05, 4.69) is 69.6 Å². The van der Waals surface area contributed by atoms with Crippen molar-refractivity contribution in [1.29, 1.82) is 0 Å². The smallest absolute Gasteiger partial charge is 0.263 e. The van der Waals surface area contributed by atoms with Gasteiger partial charge in [-0.2, -0.15) is 0 Å². The lowest BCUT2D eigenvalue weighted by Gasteiger charge is -2.52. The molecular formula is C43H60ClN5O3S. The van der Waals surface area contributed by atoms with E-state index >= 15 is 0 Å². The average molecular weight is 763 g/mol. The Hall–Kier alpha value is -2.43. The number of carbonyl (C=O) groups excluding carboxylic acids is 1. The number of hydrogen-bond donors (Lipinski definition) is 1. The molecule has 8 nitrogen and oxygen atoms in total. The molecule has 6 aliphatic rings. The van der Waals surface area contributed by atoms with Crippen molar-refractivity contribution in [2.24, 2.45) is 17.8 Å². The highest BCUT2D eigenvalue weighted by Gasteiger charge is 2.46. The van der Waals surface area contributed by atoms with Crippen molar-refractivity contribution in [2.45, 2.75) is 93.9 Å². The number of allylic oxidation sites excluding steroid dienone is 1. The minimum atomic E-state index is -1.53. The Bertz CT molecular complexity index is 1700. The van der Waals surface area contributed by atoms with Crippen LogP contribution in [0, 0.1) is 17.8 Å². The number of amides is 1. The first-order valence-corrected chi connectivity index (χ1v) is 22.1. The van der Waals surface area contributed by atoms with E-state index in [9.17, 15) is 9.00 Å². The molecule has 2 aliphatic carbocycles. The molecule has 288 valence electrons. The van der Waals surface area contributed by atoms with Gasteiger partial charge in [0.15, 0.2) is 0 Å². The number of fused-ring (bicyclic) bond motifs is 5. The molecule has 2 aromatic carbocycles.